The predicted octanol–water partition coefficient (Wildman–Crippen LogP) is 0.464. The lowest BCUT2D eigenvalue weighted by Crippen LogP contribution is -2.62. The molecule has 0 spiro atoms. The van der Waals surface area contributed by atoms with Gasteiger partial charge in [-0.1, -0.05) is 15.9 Å². The largest absolute Gasteiger partial charge is 0.456 e. The molecule has 1 heterocycles. The minimum atomic E-state index is -1.31. The smallest absolute Gasteiger partial charge is 0.305 e. The highest BCUT2D eigenvalue weighted by atomic mass is 79.9. The van der Waals surface area contributed by atoms with Gasteiger partial charge in [0.05, 0.1) is 0 Å². The van der Waals surface area contributed by atoms with Crippen LogP contribution in [0, 0.1) is 0 Å². The molecule has 0 aromatic heterocycles. The lowest BCUT2D eigenvalue weighted by molar-refractivity contribution is -0.291. The molecule has 9 nitrogen and oxygen atoms in total. The van der Waals surface area contributed by atoms with E-state index in [-0.39, 0.29) is 5.33 Å². The molecular weight excluding hydrogens is 392 g/mol. The predicted molar refractivity (Wildman–Crippen MR) is 80.9 cm³/mol. The minimum absolute atomic E-state index is 0.188. The van der Waals surface area contributed by atoms with Crippen LogP contribution < -0.4 is 0 Å². The van der Waals surface area contributed by atoms with E-state index in [2.05, 4.69) is 15.9 Å². The Hall–Kier alpha value is -1.68. The first kappa shape index (κ1) is 20.4. The Morgan fingerprint density at radius 3 is 1.58 bits per heavy atom. The molecule has 0 aromatic carbocycles. The van der Waals surface area contributed by atoms with Crippen molar-refractivity contribution < 1.29 is 42.9 Å². The van der Waals surface area contributed by atoms with Crippen LogP contribution in [-0.4, -0.2) is 59.9 Å². The number of hydrogen-bond donors (Lipinski definition) is 0. The molecule has 1 fully saturated rings. The number of alkyl halides is 1. The molecule has 0 N–H and O–H groups in total. The van der Waals surface area contributed by atoms with Crippen molar-refractivity contribution in [3.05, 3.63) is 0 Å². The van der Waals surface area contributed by atoms with E-state index >= 15 is 0 Å². The SMILES string of the molecule is CC(=O)O[C@H]1O[C@H](CBr)[C@@H](OC(C)=O)[C@H](OC(C)=O)[C@H]1OC(C)=O. The zero-order chi connectivity index (χ0) is 18.4. The molecule has 1 rings (SSSR count). The molecule has 1 saturated heterocycles. The second kappa shape index (κ2) is 8.97. The van der Waals surface area contributed by atoms with Crippen molar-refractivity contribution in [2.24, 2.45) is 0 Å². The Morgan fingerprint density at radius 1 is 0.750 bits per heavy atom. The summed E-state index contributed by atoms with van der Waals surface area (Å²) >= 11 is 3.19. The average molecular weight is 411 g/mol. The number of carbonyl (C=O) groups excluding carboxylic acids is 4. The fraction of sp³-hybridized carbons (Fsp3) is 0.714. The fourth-order valence-corrected chi connectivity index (χ4v) is 2.76. The Morgan fingerprint density at radius 2 is 1.17 bits per heavy atom. The molecule has 10 heteroatoms. The maximum absolute atomic E-state index is 11.4. The van der Waals surface area contributed by atoms with Crippen molar-refractivity contribution in [2.45, 2.75) is 58.4 Å². The highest BCUT2D eigenvalue weighted by molar-refractivity contribution is 9.09. The summed E-state index contributed by atoms with van der Waals surface area (Å²) in [4.78, 5) is 45.5. The van der Waals surface area contributed by atoms with Gasteiger partial charge in [0.2, 0.25) is 12.4 Å². The first-order valence-corrected chi connectivity index (χ1v) is 8.18. The molecule has 0 radical (unpaired) electrons. The number of ether oxygens (including phenoxy) is 5. The van der Waals surface area contributed by atoms with Crippen molar-refractivity contribution in [3.63, 3.8) is 0 Å². The number of halogens is 1. The maximum atomic E-state index is 11.4. The van der Waals surface area contributed by atoms with Gasteiger partial charge >= 0.3 is 23.9 Å². The highest BCUT2D eigenvalue weighted by Crippen LogP contribution is 2.30. The van der Waals surface area contributed by atoms with Gasteiger partial charge < -0.3 is 23.7 Å². The Balaban J connectivity index is 3.23. The van der Waals surface area contributed by atoms with Gasteiger partial charge in [-0.25, -0.2) is 0 Å². The van der Waals surface area contributed by atoms with E-state index in [1.807, 2.05) is 0 Å². The number of rotatable bonds is 5. The average Bonchev–Trinajstić information content (AvgIpc) is 2.42. The molecule has 0 aliphatic carbocycles. The second-order valence-corrected chi connectivity index (χ2v) is 5.68. The Labute approximate surface area is 147 Å². The third kappa shape index (κ3) is 5.75. The molecule has 0 aromatic rings. The van der Waals surface area contributed by atoms with Gasteiger partial charge in [0.15, 0.2) is 12.2 Å². The summed E-state index contributed by atoms with van der Waals surface area (Å²) in [7, 11) is 0. The van der Waals surface area contributed by atoms with Crippen LogP contribution in [0.2, 0.25) is 0 Å². The van der Waals surface area contributed by atoms with Crippen LogP contribution in [0.25, 0.3) is 0 Å². The first-order chi connectivity index (χ1) is 11.1. The van der Waals surface area contributed by atoms with E-state index in [1.165, 1.54) is 6.92 Å². The lowest BCUT2D eigenvalue weighted by atomic mass is 9.99. The third-order valence-corrected chi connectivity index (χ3v) is 3.57. The molecule has 0 unspecified atom stereocenters. The Kier molecular flexibility index (Phi) is 7.61. The van der Waals surface area contributed by atoms with Gasteiger partial charge in [-0.05, 0) is 0 Å². The molecule has 0 saturated carbocycles. The molecular formula is C14H19BrO9. The monoisotopic (exact) mass is 410 g/mol. The first-order valence-electron chi connectivity index (χ1n) is 7.06. The van der Waals surface area contributed by atoms with Crippen LogP contribution in [0.15, 0.2) is 0 Å². The molecule has 0 amide bonds. The van der Waals surface area contributed by atoms with E-state index in [9.17, 15) is 19.2 Å². The van der Waals surface area contributed by atoms with Gasteiger partial charge in [0.25, 0.3) is 0 Å². The van der Waals surface area contributed by atoms with Gasteiger partial charge in [0, 0.05) is 33.0 Å². The van der Waals surface area contributed by atoms with Crippen molar-refractivity contribution in [1.82, 2.24) is 0 Å². The summed E-state index contributed by atoms with van der Waals surface area (Å²) in [6, 6.07) is 0. The maximum Gasteiger partial charge on any atom is 0.305 e. The van der Waals surface area contributed by atoms with Gasteiger partial charge in [-0.3, -0.25) is 19.2 Å². The summed E-state index contributed by atoms with van der Waals surface area (Å²) in [6.45, 7) is 4.60. The summed E-state index contributed by atoms with van der Waals surface area (Å²) in [5.41, 5.74) is 0. The minimum Gasteiger partial charge on any atom is -0.456 e. The van der Waals surface area contributed by atoms with Crippen LogP contribution in [0.3, 0.4) is 0 Å². The van der Waals surface area contributed by atoms with Crippen LogP contribution in [0.1, 0.15) is 27.7 Å². The summed E-state index contributed by atoms with van der Waals surface area (Å²) < 4.78 is 26.0. The molecule has 24 heavy (non-hydrogen) atoms. The molecule has 0 bridgehead atoms. The summed E-state index contributed by atoms with van der Waals surface area (Å²) in [5.74, 6) is -2.72. The van der Waals surface area contributed by atoms with Crippen LogP contribution >= 0.6 is 15.9 Å². The normalized spacial score (nSPS) is 29.3. The van der Waals surface area contributed by atoms with Crippen LogP contribution in [0.4, 0.5) is 0 Å². The molecule has 5 atom stereocenters. The fourth-order valence-electron chi connectivity index (χ4n) is 2.24. The van der Waals surface area contributed by atoms with Crippen LogP contribution in [-0.2, 0) is 42.9 Å². The van der Waals surface area contributed by atoms with Crippen LogP contribution in [0.5, 0.6) is 0 Å². The van der Waals surface area contributed by atoms with Crippen molar-refractivity contribution >= 4 is 39.8 Å². The highest BCUT2D eigenvalue weighted by Gasteiger charge is 2.52. The molecule has 136 valence electrons. The summed E-state index contributed by atoms with van der Waals surface area (Å²) in [5, 5.41) is 0.188. The van der Waals surface area contributed by atoms with E-state index in [1.54, 1.807) is 0 Å². The van der Waals surface area contributed by atoms with E-state index < -0.39 is 54.6 Å². The third-order valence-electron chi connectivity index (χ3n) is 2.93. The summed E-state index contributed by atoms with van der Waals surface area (Å²) in [6.07, 6.45) is -5.65. The number of esters is 4. The number of carbonyl (C=O) groups is 4. The standard InChI is InChI=1S/C14H19BrO9/c1-6(16)20-11-10(5-15)24-14(23-9(4)19)13(22-8(3)18)12(11)21-7(2)17/h10-14H,5H2,1-4H3/t10-,11-,12+,13-,14+/m1/s1. The van der Waals surface area contributed by atoms with E-state index in [0.717, 1.165) is 20.8 Å². The van der Waals surface area contributed by atoms with Gasteiger partial charge in [-0.15, -0.1) is 0 Å². The quantitative estimate of drug-likeness (QED) is 0.362. The van der Waals surface area contributed by atoms with E-state index in [0.29, 0.717) is 0 Å². The lowest BCUT2D eigenvalue weighted by Gasteiger charge is -2.43. The zero-order valence-electron chi connectivity index (χ0n) is 13.6. The molecule has 1 aliphatic heterocycles. The van der Waals surface area contributed by atoms with Gasteiger partial charge in [0.1, 0.15) is 6.10 Å². The molecule has 1 aliphatic rings. The second-order valence-electron chi connectivity index (χ2n) is 5.03. The number of hydrogen-bond acceptors (Lipinski definition) is 9. The topological polar surface area (TPSA) is 114 Å². The Bertz CT molecular complexity index is 506. The van der Waals surface area contributed by atoms with Crippen molar-refractivity contribution in [2.75, 3.05) is 5.33 Å². The zero-order valence-corrected chi connectivity index (χ0v) is 15.2. The van der Waals surface area contributed by atoms with Gasteiger partial charge in [-0.2, -0.15) is 0 Å². The van der Waals surface area contributed by atoms with Crippen molar-refractivity contribution in [1.29, 1.82) is 0 Å². The van der Waals surface area contributed by atoms with E-state index in [4.69, 9.17) is 23.7 Å². The van der Waals surface area contributed by atoms with Crippen molar-refractivity contribution in [3.8, 4) is 0 Å².